The van der Waals surface area contributed by atoms with Crippen molar-refractivity contribution in [3.05, 3.63) is 29.3 Å². The van der Waals surface area contributed by atoms with Gasteiger partial charge < -0.3 is 9.09 Å². The Kier molecular flexibility index (Phi) is 5.54. The smallest absolute Gasteiger partial charge is 0.237 e. The van der Waals surface area contributed by atoms with Crippen molar-refractivity contribution in [2.75, 3.05) is 11.1 Å². The van der Waals surface area contributed by atoms with E-state index in [1.165, 1.54) is 11.8 Å². The van der Waals surface area contributed by atoms with E-state index in [4.69, 9.17) is 4.52 Å². The lowest BCUT2D eigenvalue weighted by Gasteiger charge is -2.05. The number of thioether (sulfide) groups is 1. The fourth-order valence-corrected chi connectivity index (χ4v) is 3.71. The Morgan fingerprint density at radius 2 is 2.28 bits per heavy atom. The number of aromatic nitrogens is 4. The third-order valence-electron chi connectivity index (χ3n) is 3.49. The molecule has 3 aromatic rings. The molecule has 3 heterocycles. The molecule has 1 N–H and O–H groups in total. The van der Waals surface area contributed by atoms with Crippen LogP contribution in [0.15, 0.2) is 33.3 Å². The summed E-state index contributed by atoms with van der Waals surface area (Å²) in [6, 6.07) is 5.74. The van der Waals surface area contributed by atoms with Gasteiger partial charge in [0, 0.05) is 12.6 Å². The molecule has 0 spiro atoms. The van der Waals surface area contributed by atoms with E-state index in [-0.39, 0.29) is 17.6 Å². The predicted octanol–water partition coefficient (Wildman–Crippen LogP) is 3.87. The minimum absolute atomic E-state index is 0.167. The Morgan fingerprint density at radius 3 is 2.92 bits per heavy atom. The number of hydrogen-bond acceptors (Lipinski definition) is 7. The molecule has 7 nitrogen and oxygen atoms in total. The lowest BCUT2D eigenvalue weighted by Crippen LogP contribution is -2.14. The molecular weight excluding hydrogens is 358 g/mol. The first-order valence-corrected chi connectivity index (χ1v) is 9.81. The number of nitrogens with zero attached hydrogens (tertiary/aromatic N) is 4. The van der Waals surface area contributed by atoms with Crippen molar-refractivity contribution < 1.29 is 9.32 Å². The second kappa shape index (κ2) is 7.83. The number of rotatable bonds is 7. The summed E-state index contributed by atoms with van der Waals surface area (Å²) in [6.45, 7) is 6.81. The molecular formula is C16H19N5O2S2. The first-order chi connectivity index (χ1) is 12.1. The zero-order valence-electron chi connectivity index (χ0n) is 14.2. The molecule has 0 fully saturated rings. The van der Waals surface area contributed by atoms with Crippen LogP contribution in [0.1, 0.15) is 32.4 Å². The summed E-state index contributed by atoms with van der Waals surface area (Å²) in [7, 11) is 0. The van der Waals surface area contributed by atoms with E-state index in [1.54, 1.807) is 17.4 Å². The van der Waals surface area contributed by atoms with Gasteiger partial charge in [-0.2, -0.15) is 0 Å². The van der Waals surface area contributed by atoms with Crippen LogP contribution in [-0.2, 0) is 11.3 Å². The highest BCUT2D eigenvalue weighted by Crippen LogP contribution is 2.27. The molecule has 25 heavy (non-hydrogen) atoms. The molecule has 9 heteroatoms. The molecule has 3 aromatic heterocycles. The Balaban J connectivity index is 1.62. The molecule has 0 aromatic carbocycles. The molecule has 0 aliphatic carbocycles. The summed E-state index contributed by atoms with van der Waals surface area (Å²) in [5, 5.41) is 17.8. The summed E-state index contributed by atoms with van der Waals surface area (Å²) >= 11 is 2.97. The van der Waals surface area contributed by atoms with Crippen LogP contribution >= 0.6 is 23.1 Å². The van der Waals surface area contributed by atoms with Gasteiger partial charge in [0.25, 0.3) is 0 Å². The fourth-order valence-electron chi connectivity index (χ4n) is 2.19. The van der Waals surface area contributed by atoms with Crippen LogP contribution in [0.4, 0.5) is 5.88 Å². The van der Waals surface area contributed by atoms with E-state index in [1.807, 2.05) is 42.9 Å². The topological polar surface area (TPSA) is 85.8 Å². The number of amides is 1. The minimum Gasteiger partial charge on any atom is -0.338 e. The number of nitrogens with one attached hydrogen (secondary N) is 1. The van der Waals surface area contributed by atoms with Gasteiger partial charge in [-0.3, -0.25) is 10.1 Å². The Hall–Kier alpha value is -2.13. The first-order valence-electron chi connectivity index (χ1n) is 7.94. The van der Waals surface area contributed by atoms with E-state index in [0.717, 1.165) is 28.1 Å². The number of carbonyl (C=O) groups is 1. The van der Waals surface area contributed by atoms with Crippen LogP contribution in [-0.4, -0.2) is 31.6 Å². The average Bonchev–Trinajstić information content (AvgIpc) is 3.32. The summed E-state index contributed by atoms with van der Waals surface area (Å²) in [5.41, 5.74) is 0.814. The van der Waals surface area contributed by atoms with Gasteiger partial charge in [0.1, 0.15) is 0 Å². The SMILES string of the molecule is CCn1c(SCC(=O)Nc2cc(C(C)C)no2)nnc1-c1cccs1. The Morgan fingerprint density at radius 1 is 1.44 bits per heavy atom. The number of carbonyl (C=O) groups excluding carboxylic acids is 1. The zero-order chi connectivity index (χ0) is 17.8. The predicted molar refractivity (Wildman–Crippen MR) is 99.0 cm³/mol. The van der Waals surface area contributed by atoms with Crippen molar-refractivity contribution in [2.24, 2.45) is 0 Å². The number of hydrogen-bond donors (Lipinski definition) is 1. The second-order valence-corrected chi connectivity index (χ2v) is 7.53. The Bertz CT molecular complexity index is 839. The molecule has 0 atom stereocenters. The summed E-state index contributed by atoms with van der Waals surface area (Å²) in [5.74, 6) is 1.50. The van der Waals surface area contributed by atoms with Gasteiger partial charge in [-0.25, -0.2) is 0 Å². The maximum Gasteiger partial charge on any atom is 0.237 e. The third kappa shape index (κ3) is 4.10. The second-order valence-electron chi connectivity index (χ2n) is 5.64. The first kappa shape index (κ1) is 17.7. The standard InChI is InChI=1S/C16H19N5O2S2/c1-4-21-15(12-6-5-7-24-12)18-19-16(21)25-9-13(22)17-14-8-11(10(2)3)20-23-14/h5-8,10H,4,9H2,1-3H3,(H,17,22). The van der Waals surface area contributed by atoms with Crippen molar-refractivity contribution in [1.82, 2.24) is 19.9 Å². The molecule has 0 saturated carbocycles. The van der Waals surface area contributed by atoms with Crippen LogP contribution in [0.25, 0.3) is 10.7 Å². The highest BCUT2D eigenvalue weighted by atomic mass is 32.2. The van der Waals surface area contributed by atoms with Crippen molar-refractivity contribution in [3.8, 4) is 10.7 Å². The van der Waals surface area contributed by atoms with Crippen molar-refractivity contribution in [2.45, 2.75) is 38.4 Å². The molecule has 1 amide bonds. The zero-order valence-corrected chi connectivity index (χ0v) is 15.9. The van der Waals surface area contributed by atoms with Gasteiger partial charge in [0.05, 0.1) is 16.3 Å². The van der Waals surface area contributed by atoms with Crippen LogP contribution in [0.2, 0.25) is 0 Å². The lowest BCUT2D eigenvalue weighted by atomic mass is 10.1. The van der Waals surface area contributed by atoms with E-state index < -0.39 is 0 Å². The van der Waals surface area contributed by atoms with E-state index in [0.29, 0.717) is 5.88 Å². The summed E-state index contributed by atoms with van der Waals surface area (Å²) < 4.78 is 7.13. The van der Waals surface area contributed by atoms with Gasteiger partial charge in [0.15, 0.2) is 11.0 Å². The number of anilines is 1. The van der Waals surface area contributed by atoms with Gasteiger partial charge in [-0.1, -0.05) is 36.8 Å². The van der Waals surface area contributed by atoms with Gasteiger partial charge in [-0.05, 0) is 24.3 Å². The van der Waals surface area contributed by atoms with Crippen LogP contribution in [0, 0.1) is 0 Å². The molecule has 0 bridgehead atoms. The van der Waals surface area contributed by atoms with E-state index in [2.05, 4.69) is 20.7 Å². The molecule has 0 radical (unpaired) electrons. The monoisotopic (exact) mass is 377 g/mol. The van der Waals surface area contributed by atoms with Crippen LogP contribution in [0.3, 0.4) is 0 Å². The van der Waals surface area contributed by atoms with Crippen molar-refractivity contribution >= 4 is 34.9 Å². The lowest BCUT2D eigenvalue weighted by molar-refractivity contribution is -0.113. The normalized spacial score (nSPS) is 11.2. The van der Waals surface area contributed by atoms with Crippen LogP contribution in [0.5, 0.6) is 0 Å². The maximum atomic E-state index is 12.1. The molecule has 0 unspecified atom stereocenters. The molecule has 132 valence electrons. The Labute approximate surface area is 153 Å². The van der Waals surface area contributed by atoms with Crippen molar-refractivity contribution in [3.63, 3.8) is 0 Å². The minimum atomic E-state index is -0.167. The van der Waals surface area contributed by atoms with Crippen molar-refractivity contribution in [1.29, 1.82) is 0 Å². The van der Waals surface area contributed by atoms with Crippen LogP contribution < -0.4 is 5.32 Å². The van der Waals surface area contributed by atoms with E-state index >= 15 is 0 Å². The van der Waals surface area contributed by atoms with Gasteiger partial charge >= 0.3 is 0 Å². The highest BCUT2D eigenvalue weighted by Gasteiger charge is 2.16. The number of thiophene rings is 1. The highest BCUT2D eigenvalue weighted by molar-refractivity contribution is 7.99. The van der Waals surface area contributed by atoms with Gasteiger partial charge in [-0.15, -0.1) is 21.5 Å². The molecule has 0 aliphatic rings. The fraction of sp³-hybridized carbons (Fsp3) is 0.375. The summed E-state index contributed by atoms with van der Waals surface area (Å²) in [4.78, 5) is 13.2. The molecule has 0 saturated heterocycles. The maximum absolute atomic E-state index is 12.1. The quantitative estimate of drug-likeness (QED) is 0.629. The summed E-state index contributed by atoms with van der Waals surface area (Å²) in [6.07, 6.45) is 0. The average molecular weight is 377 g/mol. The third-order valence-corrected chi connectivity index (χ3v) is 5.32. The van der Waals surface area contributed by atoms with Gasteiger partial charge in [0.2, 0.25) is 11.8 Å². The largest absolute Gasteiger partial charge is 0.338 e. The molecule has 0 aliphatic heterocycles. The van der Waals surface area contributed by atoms with E-state index in [9.17, 15) is 4.79 Å². The molecule has 3 rings (SSSR count).